The summed E-state index contributed by atoms with van der Waals surface area (Å²) in [6.07, 6.45) is 3.03. The van der Waals surface area contributed by atoms with E-state index in [1.54, 1.807) is 0 Å². The van der Waals surface area contributed by atoms with E-state index in [4.69, 9.17) is 0 Å². The number of hydrogen-bond acceptors (Lipinski definition) is 2. The van der Waals surface area contributed by atoms with E-state index in [0.29, 0.717) is 0 Å². The van der Waals surface area contributed by atoms with Gasteiger partial charge >= 0.3 is 0 Å². The molecule has 0 saturated heterocycles. The molecule has 0 amide bonds. The van der Waals surface area contributed by atoms with Crippen molar-refractivity contribution in [2.45, 2.75) is 65.5 Å². The Morgan fingerprint density at radius 3 is 1.83 bits per heavy atom. The van der Waals surface area contributed by atoms with Crippen LogP contribution in [0.3, 0.4) is 0 Å². The van der Waals surface area contributed by atoms with Crippen LogP contribution in [0.4, 0.5) is 0 Å². The summed E-state index contributed by atoms with van der Waals surface area (Å²) in [5.74, 6) is 0.151. The molecule has 0 aliphatic rings. The molecule has 108 valence electrons. The van der Waals surface area contributed by atoms with E-state index in [-0.39, 0.29) is 11.0 Å². The van der Waals surface area contributed by atoms with Crippen LogP contribution in [0, 0.1) is 5.92 Å². The van der Waals surface area contributed by atoms with Gasteiger partial charge in [0.25, 0.3) is 0 Å². The second kappa shape index (κ2) is 7.26. The van der Waals surface area contributed by atoms with Crippen molar-refractivity contribution in [2.75, 3.05) is 6.54 Å². The molecule has 0 aliphatic carbocycles. The number of thiol groups is 1. The first-order chi connectivity index (χ1) is 8.00. The van der Waals surface area contributed by atoms with Gasteiger partial charge in [-0.25, -0.2) is 0 Å². The van der Waals surface area contributed by atoms with Crippen molar-refractivity contribution in [1.82, 2.24) is 4.23 Å². The van der Waals surface area contributed by atoms with Crippen molar-refractivity contribution < 1.29 is 4.79 Å². The average Bonchev–Trinajstić information content (AvgIpc) is 2.12. The minimum absolute atomic E-state index is 0.0602. The number of rotatable bonds is 8. The Bertz CT molecular complexity index is 257. The Morgan fingerprint density at radius 2 is 1.56 bits per heavy atom. The maximum Gasteiger partial charge on any atom is 0.188 e. The molecule has 0 rings (SSSR count). The molecule has 1 unspecified atom stereocenters. The third kappa shape index (κ3) is 6.54. The molecule has 1 atom stereocenters. The largest absolute Gasteiger partial charge is 0.346 e. The molecular formula is C13H31NOSSi2. The maximum atomic E-state index is 11.3. The maximum absolute atomic E-state index is 11.3. The SMILES string of the molecule is CCC(CCCN([Si](C)(C)C)[Si](C)(C)C)C(=O)S. The third-order valence-electron chi connectivity index (χ3n) is 3.40. The lowest BCUT2D eigenvalue weighted by Gasteiger charge is -2.43. The fourth-order valence-corrected chi connectivity index (χ4v) is 12.7. The van der Waals surface area contributed by atoms with Gasteiger partial charge in [0.05, 0.1) is 0 Å². The van der Waals surface area contributed by atoms with Crippen LogP contribution in [-0.2, 0) is 4.79 Å². The predicted octanol–water partition coefficient (Wildman–Crippen LogP) is 4.22. The van der Waals surface area contributed by atoms with Gasteiger partial charge < -0.3 is 4.23 Å². The molecule has 2 nitrogen and oxygen atoms in total. The zero-order valence-corrected chi connectivity index (χ0v) is 16.1. The van der Waals surface area contributed by atoms with Crippen molar-refractivity contribution in [1.29, 1.82) is 0 Å². The first-order valence-corrected chi connectivity index (χ1v) is 14.3. The molecule has 18 heavy (non-hydrogen) atoms. The van der Waals surface area contributed by atoms with Gasteiger partial charge in [0.1, 0.15) is 16.5 Å². The van der Waals surface area contributed by atoms with E-state index < -0.39 is 16.5 Å². The van der Waals surface area contributed by atoms with Crippen LogP contribution in [0.15, 0.2) is 0 Å². The molecule has 5 heteroatoms. The molecule has 0 aromatic carbocycles. The van der Waals surface area contributed by atoms with Crippen LogP contribution in [0.25, 0.3) is 0 Å². The summed E-state index contributed by atoms with van der Waals surface area (Å²) < 4.78 is 2.79. The van der Waals surface area contributed by atoms with Gasteiger partial charge in [-0.2, -0.15) is 0 Å². The molecule has 0 heterocycles. The summed E-state index contributed by atoms with van der Waals surface area (Å²) in [6, 6.07) is 0. The monoisotopic (exact) mass is 305 g/mol. The van der Waals surface area contributed by atoms with Crippen LogP contribution in [-0.4, -0.2) is 32.4 Å². The molecule has 0 bridgehead atoms. The van der Waals surface area contributed by atoms with Crippen molar-refractivity contribution in [3.8, 4) is 0 Å². The normalized spacial score (nSPS) is 14.9. The van der Waals surface area contributed by atoms with E-state index in [1.807, 2.05) is 0 Å². The summed E-state index contributed by atoms with van der Waals surface area (Å²) in [5.41, 5.74) is 0. The molecule has 0 aliphatic heterocycles. The van der Waals surface area contributed by atoms with E-state index in [1.165, 1.54) is 0 Å². The summed E-state index contributed by atoms with van der Waals surface area (Å²) in [4.78, 5) is 11.3. The second-order valence-electron chi connectivity index (χ2n) is 7.08. The summed E-state index contributed by atoms with van der Waals surface area (Å²) in [5, 5.41) is 0.0602. The molecule has 0 radical (unpaired) electrons. The van der Waals surface area contributed by atoms with Crippen LogP contribution >= 0.6 is 12.6 Å². The molecule has 0 saturated carbocycles. The highest BCUT2D eigenvalue weighted by atomic mass is 32.1. The van der Waals surface area contributed by atoms with E-state index in [9.17, 15) is 4.79 Å². The zero-order chi connectivity index (χ0) is 14.6. The van der Waals surface area contributed by atoms with Gasteiger partial charge in [-0.15, -0.1) is 12.6 Å². The first-order valence-electron chi connectivity index (χ1n) is 7.00. The van der Waals surface area contributed by atoms with Gasteiger partial charge in [0.2, 0.25) is 0 Å². The van der Waals surface area contributed by atoms with Crippen molar-refractivity contribution in [2.24, 2.45) is 5.92 Å². The van der Waals surface area contributed by atoms with Crippen LogP contribution < -0.4 is 0 Å². The van der Waals surface area contributed by atoms with Gasteiger partial charge in [-0.05, 0) is 25.8 Å². The molecule has 0 N–H and O–H groups in total. The molecule has 0 fully saturated rings. The van der Waals surface area contributed by atoms with E-state index in [2.05, 4.69) is 63.1 Å². The van der Waals surface area contributed by atoms with Crippen LogP contribution in [0.5, 0.6) is 0 Å². The van der Waals surface area contributed by atoms with E-state index >= 15 is 0 Å². The van der Waals surface area contributed by atoms with E-state index in [0.717, 1.165) is 25.8 Å². The predicted molar refractivity (Wildman–Crippen MR) is 90.4 cm³/mol. The van der Waals surface area contributed by atoms with Gasteiger partial charge in [-0.1, -0.05) is 46.2 Å². The summed E-state index contributed by atoms with van der Waals surface area (Å²) in [7, 11) is -2.48. The fourth-order valence-electron chi connectivity index (χ4n) is 2.68. The highest BCUT2D eigenvalue weighted by molar-refractivity contribution is 7.96. The highest BCUT2D eigenvalue weighted by Crippen LogP contribution is 2.22. The van der Waals surface area contributed by atoms with Crippen molar-refractivity contribution >= 4 is 34.2 Å². The Hall–Kier alpha value is 0.414. The van der Waals surface area contributed by atoms with Gasteiger partial charge in [0, 0.05) is 5.92 Å². The lowest BCUT2D eigenvalue weighted by molar-refractivity contribution is -0.114. The van der Waals surface area contributed by atoms with Crippen molar-refractivity contribution in [3.63, 3.8) is 0 Å². The Labute approximate surface area is 121 Å². The molecule has 0 spiro atoms. The number of nitrogens with zero attached hydrogens (tertiary/aromatic N) is 1. The number of carbonyl (C=O) groups excluding carboxylic acids is 1. The summed E-state index contributed by atoms with van der Waals surface area (Å²) >= 11 is 3.98. The number of carbonyl (C=O) groups is 1. The Kier molecular flexibility index (Phi) is 7.43. The zero-order valence-electron chi connectivity index (χ0n) is 13.2. The Balaban J connectivity index is 4.43. The van der Waals surface area contributed by atoms with Gasteiger partial charge in [-0.3, -0.25) is 4.79 Å². The smallest absolute Gasteiger partial charge is 0.188 e. The Morgan fingerprint density at radius 1 is 1.11 bits per heavy atom. The topological polar surface area (TPSA) is 20.3 Å². The second-order valence-corrected chi connectivity index (χ2v) is 17.7. The first kappa shape index (κ1) is 18.4. The standard InChI is InChI=1S/C13H31NOSSi2/c1-8-12(13(15)16)10-9-11-14(17(2,3)4)18(5,6)7/h12H,8-11H2,1-7H3,(H,15,16). The highest BCUT2D eigenvalue weighted by Gasteiger charge is 2.33. The average molecular weight is 306 g/mol. The summed E-state index contributed by atoms with van der Waals surface area (Å²) in [6.45, 7) is 17.8. The lowest BCUT2D eigenvalue weighted by Crippen LogP contribution is -2.59. The minimum Gasteiger partial charge on any atom is -0.346 e. The molecule has 0 aromatic rings. The third-order valence-corrected chi connectivity index (χ3v) is 11.5. The molecular weight excluding hydrogens is 274 g/mol. The van der Waals surface area contributed by atoms with Crippen LogP contribution in [0.1, 0.15) is 26.2 Å². The van der Waals surface area contributed by atoms with Crippen LogP contribution in [0.2, 0.25) is 39.3 Å². The molecule has 0 aromatic heterocycles. The quantitative estimate of drug-likeness (QED) is 0.535. The number of hydrogen-bond donors (Lipinski definition) is 1. The lowest BCUT2D eigenvalue weighted by atomic mass is 10.0. The van der Waals surface area contributed by atoms with Gasteiger partial charge in [0.15, 0.2) is 5.12 Å². The minimum atomic E-state index is -1.24. The van der Waals surface area contributed by atoms with Crippen molar-refractivity contribution in [3.05, 3.63) is 0 Å². The fraction of sp³-hybridized carbons (Fsp3) is 0.923.